The maximum atomic E-state index is 12.1. The van der Waals surface area contributed by atoms with E-state index in [1.165, 1.54) is 0 Å². The van der Waals surface area contributed by atoms with Gasteiger partial charge in [-0.25, -0.2) is 0 Å². The zero-order valence-corrected chi connectivity index (χ0v) is 16.7. The third-order valence-electron chi connectivity index (χ3n) is 5.86. The lowest BCUT2D eigenvalue weighted by atomic mass is 9.87. The molecule has 7 nitrogen and oxygen atoms in total. The molecule has 1 amide bonds. The normalized spacial score (nSPS) is 20.6. The second-order valence-electron chi connectivity index (χ2n) is 7.57. The Morgan fingerprint density at radius 2 is 1.86 bits per heavy atom. The van der Waals surface area contributed by atoms with Crippen LogP contribution in [0.5, 0.6) is 5.75 Å². The molecule has 0 radical (unpaired) electrons. The highest BCUT2D eigenvalue weighted by Gasteiger charge is 2.29. The van der Waals surface area contributed by atoms with Crippen LogP contribution in [0.15, 0.2) is 30.5 Å². The summed E-state index contributed by atoms with van der Waals surface area (Å²) in [6, 6.07) is 8.14. The first kappa shape index (κ1) is 19.0. The number of amides is 1. The predicted molar refractivity (Wildman–Crippen MR) is 109 cm³/mol. The van der Waals surface area contributed by atoms with Gasteiger partial charge < -0.3 is 15.0 Å². The molecular formula is C21H29N5O2. The maximum Gasteiger partial charge on any atom is 0.226 e. The second-order valence-corrected chi connectivity index (χ2v) is 7.57. The van der Waals surface area contributed by atoms with Crippen LogP contribution in [-0.4, -0.2) is 71.4 Å². The number of rotatable bonds is 6. The maximum absolute atomic E-state index is 12.1. The number of nitrogens with one attached hydrogen (secondary N) is 1. The fourth-order valence-corrected chi connectivity index (χ4v) is 4.06. The van der Waals surface area contributed by atoms with Crippen LogP contribution in [0.2, 0.25) is 0 Å². The van der Waals surface area contributed by atoms with Gasteiger partial charge in [-0.3, -0.25) is 14.4 Å². The third kappa shape index (κ3) is 4.05. The van der Waals surface area contributed by atoms with E-state index in [0.29, 0.717) is 13.0 Å². The number of fused-ring (bicyclic) bond motifs is 1. The van der Waals surface area contributed by atoms with Gasteiger partial charge in [0.25, 0.3) is 0 Å². The van der Waals surface area contributed by atoms with E-state index in [4.69, 9.17) is 4.74 Å². The molecule has 2 aliphatic heterocycles. The Morgan fingerprint density at radius 1 is 1.14 bits per heavy atom. The van der Waals surface area contributed by atoms with Crippen LogP contribution in [0.1, 0.15) is 30.4 Å². The second kappa shape index (κ2) is 8.32. The molecule has 1 unspecified atom stereocenters. The van der Waals surface area contributed by atoms with Crippen LogP contribution in [-0.2, 0) is 11.8 Å². The molecule has 1 aromatic carbocycles. The van der Waals surface area contributed by atoms with Gasteiger partial charge >= 0.3 is 0 Å². The Bertz CT molecular complexity index is 809. The largest absolute Gasteiger partial charge is 0.492 e. The molecule has 4 rings (SSSR count). The van der Waals surface area contributed by atoms with E-state index in [-0.39, 0.29) is 11.8 Å². The number of aromatic nitrogens is 2. The number of hydrogen-bond acceptors (Lipinski definition) is 5. The molecule has 1 saturated heterocycles. The van der Waals surface area contributed by atoms with E-state index in [1.807, 2.05) is 25.4 Å². The monoisotopic (exact) mass is 383 g/mol. The van der Waals surface area contributed by atoms with Crippen molar-refractivity contribution in [3.63, 3.8) is 0 Å². The Hall–Kier alpha value is -2.38. The van der Waals surface area contributed by atoms with Crippen molar-refractivity contribution in [1.82, 2.24) is 19.6 Å². The first-order valence-corrected chi connectivity index (χ1v) is 10.1. The minimum atomic E-state index is 0.0320. The minimum Gasteiger partial charge on any atom is -0.492 e. The summed E-state index contributed by atoms with van der Waals surface area (Å²) in [5.74, 6) is 1.75. The van der Waals surface area contributed by atoms with Gasteiger partial charge in [-0.2, -0.15) is 5.10 Å². The summed E-state index contributed by atoms with van der Waals surface area (Å²) in [7, 11) is 1.85. The number of carbonyl (C=O) groups excluding carboxylic acids is 1. The molecule has 1 N–H and O–H groups in total. The van der Waals surface area contributed by atoms with Crippen molar-refractivity contribution in [3.05, 3.63) is 41.6 Å². The Labute approximate surface area is 166 Å². The van der Waals surface area contributed by atoms with Crippen LogP contribution in [0, 0.1) is 0 Å². The SMILES string of the molecule is CCN1CCN(CCOc2ccc(C3CC(=O)Nc4c3cnn4C)cc2)CC1. The molecule has 3 heterocycles. The number of piperazine rings is 1. The lowest BCUT2D eigenvalue weighted by Crippen LogP contribution is -2.47. The molecule has 28 heavy (non-hydrogen) atoms. The number of benzene rings is 1. The lowest BCUT2D eigenvalue weighted by molar-refractivity contribution is -0.116. The highest BCUT2D eigenvalue weighted by Crippen LogP contribution is 2.37. The number of hydrogen-bond donors (Lipinski definition) is 1. The number of ether oxygens (including phenoxy) is 1. The molecule has 1 aromatic heterocycles. The average Bonchev–Trinajstić information content (AvgIpc) is 3.09. The van der Waals surface area contributed by atoms with Crippen LogP contribution in [0.25, 0.3) is 0 Å². The van der Waals surface area contributed by atoms with Gasteiger partial charge in [0, 0.05) is 57.7 Å². The fourth-order valence-electron chi connectivity index (χ4n) is 4.06. The minimum absolute atomic E-state index is 0.0320. The predicted octanol–water partition coefficient (Wildman–Crippen LogP) is 1.91. The fraction of sp³-hybridized carbons (Fsp3) is 0.524. The topological polar surface area (TPSA) is 62.6 Å². The van der Waals surface area contributed by atoms with Gasteiger partial charge in [-0.15, -0.1) is 0 Å². The summed E-state index contributed by atoms with van der Waals surface area (Å²) < 4.78 is 7.67. The molecular weight excluding hydrogens is 354 g/mol. The van der Waals surface area contributed by atoms with Crippen LogP contribution < -0.4 is 10.1 Å². The Morgan fingerprint density at radius 3 is 2.57 bits per heavy atom. The number of aryl methyl sites for hydroxylation is 1. The zero-order valence-electron chi connectivity index (χ0n) is 16.7. The van der Waals surface area contributed by atoms with E-state index in [2.05, 4.69) is 39.3 Å². The van der Waals surface area contributed by atoms with Gasteiger partial charge in [0.05, 0.1) is 6.20 Å². The smallest absolute Gasteiger partial charge is 0.226 e. The first-order chi connectivity index (χ1) is 13.6. The van der Waals surface area contributed by atoms with Gasteiger partial charge in [-0.05, 0) is 24.2 Å². The van der Waals surface area contributed by atoms with E-state index < -0.39 is 0 Å². The Balaban J connectivity index is 1.33. The van der Waals surface area contributed by atoms with Gasteiger partial charge in [-0.1, -0.05) is 19.1 Å². The highest BCUT2D eigenvalue weighted by molar-refractivity contribution is 5.94. The van der Waals surface area contributed by atoms with Gasteiger partial charge in [0.15, 0.2) is 0 Å². The van der Waals surface area contributed by atoms with Crippen LogP contribution >= 0.6 is 0 Å². The summed E-state index contributed by atoms with van der Waals surface area (Å²) in [6.45, 7) is 9.55. The summed E-state index contributed by atoms with van der Waals surface area (Å²) >= 11 is 0. The average molecular weight is 383 g/mol. The molecule has 1 fully saturated rings. The van der Waals surface area contributed by atoms with Crippen LogP contribution in [0.4, 0.5) is 5.82 Å². The van der Waals surface area contributed by atoms with E-state index in [1.54, 1.807) is 4.68 Å². The van der Waals surface area contributed by atoms with Crippen molar-refractivity contribution in [2.24, 2.45) is 7.05 Å². The third-order valence-corrected chi connectivity index (χ3v) is 5.86. The molecule has 0 bridgehead atoms. The molecule has 2 aliphatic rings. The van der Waals surface area contributed by atoms with E-state index in [0.717, 1.165) is 62.0 Å². The molecule has 2 aromatic rings. The lowest BCUT2D eigenvalue weighted by Gasteiger charge is -2.33. The number of likely N-dealkylation sites (N-methyl/N-ethyl adjacent to an activating group) is 1. The van der Waals surface area contributed by atoms with Gasteiger partial charge in [0.2, 0.25) is 5.91 Å². The standard InChI is InChI=1S/C21H29N5O2/c1-3-25-8-10-26(11-9-25)12-13-28-17-6-4-16(5-7-17)18-14-20(27)23-21-19(18)15-22-24(21)2/h4-7,15,18H,3,8-14H2,1-2H3,(H,23,27). The van der Waals surface area contributed by atoms with Crippen molar-refractivity contribution in [1.29, 1.82) is 0 Å². The summed E-state index contributed by atoms with van der Waals surface area (Å²) in [4.78, 5) is 17.0. The Kier molecular flexibility index (Phi) is 5.64. The van der Waals surface area contributed by atoms with Crippen molar-refractivity contribution < 1.29 is 9.53 Å². The summed E-state index contributed by atoms with van der Waals surface area (Å²) in [5.41, 5.74) is 2.19. The first-order valence-electron chi connectivity index (χ1n) is 10.1. The number of carbonyl (C=O) groups is 1. The highest BCUT2D eigenvalue weighted by atomic mass is 16.5. The molecule has 1 atom stereocenters. The zero-order chi connectivity index (χ0) is 19.5. The molecule has 0 aliphatic carbocycles. The van der Waals surface area contributed by atoms with E-state index in [9.17, 15) is 4.79 Å². The van der Waals surface area contributed by atoms with Crippen molar-refractivity contribution in [2.45, 2.75) is 19.3 Å². The van der Waals surface area contributed by atoms with Crippen molar-refractivity contribution >= 4 is 11.7 Å². The van der Waals surface area contributed by atoms with Crippen molar-refractivity contribution in [3.8, 4) is 5.75 Å². The quantitative estimate of drug-likeness (QED) is 0.826. The van der Waals surface area contributed by atoms with Crippen LogP contribution in [0.3, 0.4) is 0 Å². The van der Waals surface area contributed by atoms with E-state index >= 15 is 0 Å². The number of anilines is 1. The molecule has 150 valence electrons. The summed E-state index contributed by atoms with van der Waals surface area (Å²) in [6.07, 6.45) is 2.30. The molecule has 7 heteroatoms. The molecule has 0 spiro atoms. The summed E-state index contributed by atoms with van der Waals surface area (Å²) in [5, 5.41) is 7.20. The molecule has 0 saturated carbocycles. The van der Waals surface area contributed by atoms with Crippen molar-refractivity contribution in [2.75, 3.05) is 51.2 Å². The number of nitrogens with zero attached hydrogens (tertiary/aromatic N) is 4. The van der Waals surface area contributed by atoms with Gasteiger partial charge in [0.1, 0.15) is 18.2 Å².